The van der Waals surface area contributed by atoms with Gasteiger partial charge in [-0.15, -0.1) is 0 Å². The third-order valence-electron chi connectivity index (χ3n) is 5.97. The number of para-hydroxylation sites is 1. The van der Waals surface area contributed by atoms with E-state index < -0.39 is 0 Å². The second kappa shape index (κ2) is 9.64. The molecule has 164 valence electrons. The van der Waals surface area contributed by atoms with E-state index in [1.54, 1.807) is 24.4 Å². The van der Waals surface area contributed by atoms with Crippen molar-refractivity contribution in [3.8, 4) is 5.75 Å². The first kappa shape index (κ1) is 21.6. The zero-order chi connectivity index (χ0) is 22.5. The van der Waals surface area contributed by atoms with Gasteiger partial charge in [0.2, 0.25) is 5.91 Å². The smallest absolute Gasteiger partial charge is 0.253 e. The number of benzene rings is 2. The van der Waals surface area contributed by atoms with E-state index in [1.165, 1.54) is 0 Å². The molecule has 1 aliphatic heterocycles. The number of pyridine rings is 1. The number of aromatic nitrogens is 1. The molecular formula is C26H27N3O3. The van der Waals surface area contributed by atoms with Crippen molar-refractivity contribution in [2.45, 2.75) is 19.4 Å². The van der Waals surface area contributed by atoms with Gasteiger partial charge in [0, 0.05) is 43.5 Å². The van der Waals surface area contributed by atoms with Gasteiger partial charge in [-0.2, -0.15) is 0 Å². The van der Waals surface area contributed by atoms with Crippen LogP contribution in [0.2, 0.25) is 0 Å². The summed E-state index contributed by atoms with van der Waals surface area (Å²) in [5, 5.41) is 3.03. The first-order valence-corrected chi connectivity index (χ1v) is 10.7. The molecule has 1 saturated heterocycles. The summed E-state index contributed by atoms with van der Waals surface area (Å²) in [7, 11) is 1.63. The average Bonchev–Trinajstić information content (AvgIpc) is 3.28. The lowest BCUT2D eigenvalue weighted by Gasteiger charge is -2.20. The Hall–Kier alpha value is -3.67. The number of nitrogens with one attached hydrogen (secondary N) is 1. The van der Waals surface area contributed by atoms with Gasteiger partial charge >= 0.3 is 0 Å². The van der Waals surface area contributed by atoms with Crippen LogP contribution in [0.15, 0.2) is 73.1 Å². The number of hydrogen-bond acceptors (Lipinski definition) is 4. The third kappa shape index (κ3) is 4.64. The number of amides is 2. The quantitative estimate of drug-likeness (QED) is 0.650. The minimum absolute atomic E-state index is 0.0625. The molecule has 32 heavy (non-hydrogen) atoms. The summed E-state index contributed by atoms with van der Waals surface area (Å²) in [6.07, 6.45) is 3.44. The van der Waals surface area contributed by atoms with Gasteiger partial charge in [-0.25, -0.2) is 0 Å². The van der Waals surface area contributed by atoms with Gasteiger partial charge < -0.3 is 15.0 Å². The molecule has 0 saturated carbocycles. The second-order valence-electron chi connectivity index (χ2n) is 8.11. The van der Waals surface area contributed by atoms with E-state index in [0.29, 0.717) is 25.2 Å². The highest BCUT2D eigenvalue weighted by molar-refractivity contribution is 5.95. The van der Waals surface area contributed by atoms with E-state index in [0.717, 1.165) is 22.4 Å². The SMILES string of the molecule is COc1ccccc1[C@@H]1CN(C(=O)c2ccc(C)cc2)C[C@H]1C(=O)NCc1cccnc1. The maximum absolute atomic E-state index is 13.2. The summed E-state index contributed by atoms with van der Waals surface area (Å²) in [4.78, 5) is 32.3. The van der Waals surface area contributed by atoms with Crippen LogP contribution in [-0.2, 0) is 11.3 Å². The summed E-state index contributed by atoms with van der Waals surface area (Å²) < 4.78 is 5.57. The fourth-order valence-corrected chi connectivity index (χ4v) is 4.22. The van der Waals surface area contributed by atoms with Crippen molar-refractivity contribution >= 4 is 11.8 Å². The molecular weight excluding hydrogens is 402 g/mol. The van der Waals surface area contributed by atoms with Crippen LogP contribution in [0.5, 0.6) is 5.75 Å². The molecule has 1 aliphatic rings. The summed E-state index contributed by atoms with van der Waals surface area (Å²) in [6.45, 7) is 3.20. The monoisotopic (exact) mass is 429 g/mol. The fraction of sp³-hybridized carbons (Fsp3) is 0.269. The molecule has 3 aromatic rings. The zero-order valence-corrected chi connectivity index (χ0v) is 18.3. The van der Waals surface area contributed by atoms with E-state index in [1.807, 2.05) is 67.6 Å². The standard InChI is InChI=1S/C26H27N3O3/c1-18-9-11-20(12-10-18)26(31)29-16-22(21-7-3-4-8-24(21)32-2)23(17-29)25(30)28-15-19-6-5-13-27-14-19/h3-14,22-23H,15-17H2,1-2H3,(H,28,30)/t22-,23+/m0/s1. The van der Waals surface area contributed by atoms with Crippen LogP contribution in [0.25, 0.3) is 0 Å². The molecule has 0 aliphatic carbocycles. The third-order valence-corrected chi connectivity index (χ3v) is 5.97. The highest BCUT2D eigenvalue weighted by atomic mass is 16.5. The van der Waals surface area contributed by atoms with Crippen LogP contribution in [0.3, 0.4) is 0 Å². The molecule has 0 radical (unpaired) electrons. The Morgan fingerprint density at radius 2 is 1.84 bits per heavy atom. The van der Waals surface area contributed by atoms with Crippen LogP contribution in [-0.4, -0.2) is 41.9 Å². The molecule has 1 aromatic heterocycles. The number of rotatable bonds is 6. The highest BCUT2D eigenvalue weighted by Crippen LogP contribution is 2.38. The maximum Gasteiger partial charge on any atom is 0.253 e. The molecule has 2 amide bonds. The number of aryl methyl sites for hydroxylation is 1. The Morgan fingerprint density at radius 3 is 2.56 bits per heavy atom. The number of carbonyl (C=O) groups is 2. The largest absolute Gasteiger partial charge is 0.496 e. The lowest BCUT2D eigenvalue weighted by atomic mass is 9.87. The van der Waals surface area contributed by atoms with Crippen molar-refractivity contribution in [3.05, 3.63) is 95.3 Å². The van der Waals surface area contributed by atoms with Gasteiger partial charge in [-0.05, 0) is 42.3 Å². The van der Waals surface area contributed by atoms with E-state index in [4.69, 9.17) is 4.74 Å². The van der Waals surface area contributed by atoms with E-state index in [9.17, 15) is 9.59 Å². The van der Waals surface area contributed by atoms with Crippen LogP contribution in [0, 0.1) is 12.8 Å². The van der Waals surface area contributed by atoms with Gasteiger partial charge in [0.1, 0.15) is 5.75 Å². The molecule has 2 atom stereocenters. The molecule has 1 fully saturated rings. The molecule has 0 unspecified atom stereocenters. The van der Waals surface area contributed by atoms with Gasteiger partial charge in [0.15, 0.2) is 0 Å². The van der Waals surface area contributed by atoms with Crippen LogP contribution in [0.4, 0.5) is 0 Å². The Morgan fingerprint density at radius 1 is 1.06 bits per heavy atom. The van der Waals surface area contributed by atoms with Crippen molar-refractivity contribution < 1.29 is 14.3 Å². The van der Waals surface area contributed by atoms with Crippen LogP contribution in [0.1, 0.15) is 33.0 Å². The molecule has 0 spiro atoms. The predicted octanol–water partition coefficient (Wildman–Crippen LogP) is 3.57. The molecule has 1 N–H and O–H groups in total. The van der Waals surface area contributed by atoms with E-state index in [2.05, 4.69) is 10.3 Å². The maximum atomic E-state index is 13.2. The van der Waals surface area contributed by atoms with Gasteiger partial charge in [-0.3, -0.25) is 14.6 Å². The van der Waals surface area contributed by atoms with Crippen LogP contribution >= 0.6 is 0 Å². The topological polar surface area (TPSA) is 71.5 Å². The molecule has 6 nitrogen and oxygen atoms in total. The number of carbonyl (C=O) groups excluding carboxylic acids is 2. The Bertz CT molecular complexity index is 1080. The predicted molar refractivity (Wildman–Crippen MR) is 122 cm³/mol. The van der Waals surface area contributed by atoms with Crippen molar-refractivity contribution in [1.82, 2.24) is 15.2 Å². The normalized spacial score (nSPS) is 17.8. The summed E-state index contributed by atoms with van der Waals surface area (Å²) in [5.41, 5.74) is 3.60. The number of ether oxygens (including phenoxy) is 1. The van der Waals surface area contributed by atoms with Crippen molar-refractivity contribution in [2.24, 2.45) is 5.92 Å². The summed E-state index contributed by atoms with van der Waals surface area (Å²) in [5.74, 6) is 0.0513. The number of nitrogens with zero attached hydrogens (tertiary/aromatic N) is 2. The Labute approximate surface area is 188 Å². The summed E-state index contributed by atoms with van der Waals surface area (Å²) in [6, 6.07) is 19.0. The van der Waals surface area contributed by atoms with Gasteiger partial charge in [-0.1, -0.05) is 42.0 Å². The minimum Gasteiger partial charge on any atom is -0.496 e. The highest BCUT2D eigenvalue weighted by Gasteiger charge is 2.41. The lowest BCUT2D eigenvalue weighted by Crippen LogP contribution is -2.35. The molecule has 2 aromatic carbocycles. The first-order valence-electron chi connectivity index (χ1n) is 10.7. The van der Waals surface area contributed by atoms with Crippen molar-refractivity contribution in [3.63, 3.8) is 0 Å². The molecule has 2 heterocycles. The molecule has 6 heteroatoms. The van der Waals surface area contributed by atoms with Gasteiger partial charge in [0.25, 0.3) is 5.91 Å². The summed E-state index contributed by atoms with van der Waals surface area (Å²) >= 11 is 0. The van der Waals surface area contributed by atoms with E-state index in [-0.39, 0.29) is 23.7 Å². The van der Waals surface area contributed by atoms with Crippen LogP contribution < -0.4 is 10.1 Å². The average molecular weight is 430 g/mol. The molecule has 4 rings (SSSR count). The first-order chi connectivity index (χ1) is 15.6. The Balaban J connectivity index is 1.58. The number of methoxy groups -OCH3 is 1. The van der Waals surface area contributed by atoms with E-state index >= 15 is 0 Å². The fourth-order valence-electron chi connectivity index (χ4n) is 4.22. The van der Waals surface area contributed by atoms with Crippen molar-refractivity contribution in [2.75, 3.05) is 20.2 Å². The number of hydrogen-bond donors (Lipinski definition) is 1. The zero-order valence-electron chi connectivity index (χ0n) is 18.3. The molecule has 0 bridgehead atoms. The van der Waals surface area contributed by atoms with Crippen molar-refractivity contribution in [1.29, 1.82) is 0 Å². The Kier molecular flexibility index (Phi) is 6.50. The number of likely N-dealkylation sites (tertiary alicyclic amines) is 1. The minimum atomic E-state index is -0.377. The lowest BCUT2D eigenvalue weighted by molar-refractivity contribution is -0.125. The second-order valence-corrected chi connectivity index (χ2v) is 8.11. The van der Waals surface area contributed by atoms with Gasteiger partial charge in [0.05, 0.1) is 13.0 Å².